The van der Waals surface area contributed by atoms with Crippen LogP contribution in [0.25, 0.3) is 22.4 Å². The highest BCUT2D eigenvalue weighted by molar-refractivity contribution is 6.33. The molecule has 1 aliphatic rings. The highest BCUT2D eigenvalue weighted by Gasteiger charge is 2.31. The van der Waals surface area contributed by atoms with Gasteiger partial charge in [-0.1, -0.05) is 21.9 Å². The van der Waals surface area contributed by atoms with Gasteiger partial charge in [-0.2, -0.15) is 0 Å². The van der Waals surface area contributed by atoms with Crippen LogP contribution in [0.15, 0.2) is 27.9 Å². The van der Waals surface area contributed by atoms with Gasteiger partial charge in [0.1, 0.15) is 11.5 Å². The molecule has 146 valence electrons. The molecule has 8 heteroatoms. The average molecular weight is 401 g/mol. The predicted molar refractivity (Wildman–Crippen MR) is 107 cm³/mol. The molecule has 1 aromatic carbocycles. The molecular weight excluding hydrogens is 380 g/mol. The molecule has 0 saturated carbocycles. The normalized spacial score (nSPS) is 14.3. The molecule has 0 saturated heterocycles. The monoisotopic (exact) mass is 400 g/mol. The molecule has 0 amide bonds. The fraction of sp³-hybridized carbons (Fsp3) is 0.300. The van der Waals surface area contributed by atoms with Crippen LogP contribution in [0.1, 0.15) is 35.6 Å². The Morgan fingerprint density at radius 3 is 2.64 bits per heavy atom. The number of halogens is 1. The van der Waals surface area contributed by atoms with Crippen molar-refractivity contribution in [2.45, 2.75) is 39.5 Å². The summed E-state index contributed by atoms with van der Waals surface area (Å²) in [6.45, 7) is 3.69. The molecule has 4 N–H and O–H groups in total. The van der Waals surface area contributed by atoms with Crippen molar-refractivity contribution in [2.24, 2.45) is 10.9 Å². The number of phenolic OH excluding ortho intramolecular Hbond substituents is 1. The molecule has 0 bridgehead atoms. The van der Waals surface area contributed by atoms with Gasteiger partial charge in [-0.25, -0.2) is 0 Å². The molecular formula is C20H21ClN4O3. The quantitative estimate of drug-likeness (QED) is 0.258. The highest BCUT2D eigenvalue weighted by atomic mass is 35.5. The lowest BCUT2D eigenvalue weighted by Crippen LogP contribution is -2.26. The Bertz CT molecular complexity index is 1080. The van der Waals surface area contributed by atoms with Crippen LogP contribution in [-0.2, 0) is 12.8 Å². The van der Waals surface area contributed by atoms with Crippen molar-refractivity contribution in [2.75, 3.05) is 0 Å². The van der Waals surface area contributed by atoms with E-state index in [1.54, 1.807) is 16.7 Å². The smallest absolute Gasteiger partial charge is 0.242 e. The van der Waals surface area contributed by atoms with Gasteiger partial charge in [0.25, 0.3) is 0 Å². The molecule has 0 unspecified atom stereocenters. The summed E-state index contributed by atoms with van der Waals surface area (Å²) in [4.78, 5) is 0. The number of oxime groups is 1. The lowest BCUT2D eigenvalue weighted by molar-refractivity contribution is 0.316. The second kappa shape index (κ2) is 6.91. The molecule has 0 fully saturated rings. The van der Waals surface area contributed by atoms with Crippen molar-refractivity contribution >= 4 is 17.6 Å². The molecule has 2 heterocycles. The van der Waals surface area contributed by atoms with Gasteiger partial charge in [-0.15, -0.1) is 0 Å². The Morgan fingerprint density at radius 2 is 2.00 bits per heavy atom. The van der Waals surface area contributed by atoms with Crippen LogP contribution >= 0.6 is 11.6 Å². The Labute approximate surface area is 167 Å². The largest absolute Gasteiger partial charge is 0.508 e. The SMILES string of the molecule is Cc1noc(C)c1-c1c(-c2ccc(O)cc2Cl)c2c(n1C(N)=NO)CCCC2. The number of nitrogens with zero attached hydrogens (tertiary/aromatic N) is 3. The zero-order chi connectivity index (χ0) is 20.0. The number of nitrogens with two attached hydrogens (primary N) is 1. The van der Waals surface area contributed by atoms with Gasteiger partial charge in [0.2, 0.25) is 5.96 Å². The third-order valence-corrected chi connectivity index (χ3v) is 5.61. The first-order chi connectivity index (χ1) is 13.4. The first-order valence-corrected chi connectivity index (χ1v) is 9.48. The number of phenols is 1. The van der Waals surface area contributed by atoms with Crippen LogP contribution in [0.5, 0.6) is 5.75 Å². The summed E-state index contributed by atoms with van der Waals surface area (Å²) in [5.74, 6) is 0.710. The van der Waals surface area contributed by atoms with Crippen molar-refractivity contribution in [1.82, 2.24) is 9.72 Å². The number of fused-ring (bicyclic) bond motifs is 1. The Balaban J connectivity index is 2.17. The Kier molecular flexibility index (Phi) is 4.55. The number of hydrogen-bond acceptors (Lipinski definition) is 5. The molecule has 3 aromatic rings. The van der Waals surface area contributed by atoms with E-state index in [2.05, 4.69) is 10.3 Å². The topological polar surface area (TPSA) is 110 Å². The molecule has 1 aliphatic carbocycles. The first-order valence-electron chi connectivity index (χ1n) is 9.10. The van der Waals surface area contributed by atoms with E-state index in [4.69, 9.17) is 21.9 Å². The third-order valence-electron chi connectivity index (χ3n) is 5.29. The summed E-state index contributed by atoms with van der Waals surface area (Å²) in [6, 6.07) is 4.92. The van der Waals surface area contributed by atoms with E-state index in [-0.39, 0.29) is 11.7 Å². The lowest BCUT2D eigenvalue weighted by Gasteiger charge is -2.15. The van der Waals surface area contributed by atoms with E-state index in [1.165, 1.54) is 6.07 Å². The Hall–Kier alpha value is -2.93. The summed E-state index contributed by atoms with van der Waals surface area (Å²) < 4.78 is 7.19. The summed E-state index contributed by atoms with van der Waals surface area (Å²) in [5, 5.41) is 27.1. The van der Waals surface area contributed by atoms with Gasteiger partial charge in [0.05, 0.1) is 22.0 Å². The number of aromatic nitrogens is 2. The van der Waals surface area contributed by atoms with Gasteiger partial charge >= 0.3 is 0 Å². The van der Waals surface area contributed by atoms with E-state index in [1.807, 2.05) is 13.8 Å². The molecule has 7 nitrogen and oxygen atoms in total. The summed E-state index contributed by atoms with van der Waals surface area (Å²) in [6.07, 6.45) is 3.71. The first kappa shape index (κ1) is 18.4. The summed E-state index contributed by atoms with van der Waals surface area (Å²) in [7, 11) is 0. The van der Waals surface area contributed by atoms with Gasteiger partial charge in [0.15, 0.2) is 0 Å². The molecule has 28 heavy (non-hydrogen) atoms. The van der Waals surface area contributed by atoms with E-state index >= 15 is 0 Å². The van der Waals surface area contributed by atoms with Gasteiger partial charge in [-0.05, 0) is 63.3 Å². The minimum Gasteiger partial charge on any atom is -0.508 e. The zero-order valence-electron chi connectivity index (χ0n) is 15.7. The second-order valence-electron chi connectivity index (χ2n) is 7.01. The van der Waals surface area contributed by atoms with Crippen LogP contribution < -0.4 is 5.73 Å². The Morgan fingerprint density at radius 1 is 1.25 bits per heavy atom. The molecule has 4 rings (SSSR count). The molecule has 2 aromatic heterocycles. The minimum atomic E-state index is -0.0192. The predicted octanol–water partition coefficient (Wildman–Crippen LogP) is 4.22. The average Bonchev–Trinajstić information content (AvgIpc) is 3.18. The fourth-order valence-corrected chi connectivity index (χ4v) is 4.42. The number of benzene rings is 1. The van der Waals surface area contributed by atoms with E-state index in [9.17, 15) is 10.3 Å². The molecule has 0 atom stereocenters. The minimum absolute atomic E-state index is 0.0192. The van der Waals surface area contributed by atoms with Gasteiger partial charge in [0, 0.05) is 16.8 Å². The van der Waals surface area contributed by atoms with Crippen molar-refractivity contribution in [3.8, 4) is 28.1 Å². The lowest BCUT2D eigenvalue weighted by atomic mass is 9.90. The standard InChI is InChI=1S/C20H21ClN4O3/c1-10-17(11(2)28-24-10)19-18(13-8-7-12(26)9-15(13)21)14-5-3-4-6-16(14)25(19)20(22)23-27/h7-9,26-27H,3-6H2,1-2H3,(H2,22,23). The zero-order valence-corrected chi connectivity index (χ0v) is 16.4. The maximum Gasteiger partial charge on any atom is 0.242 e. The number of aryl methyl sites for hydroxylation is 2. The maximum atomic E-state index is 9.81. The van der Waals surface area contributed by atoms with Crippen molar-refractivity contribution < 1.29 is 14.8 Å². The highest BCUT2D eigenvalue weighted by Crippen LogP contribution is 2.46. The van der Waals surface area contributed by atoms with Crippen LogP contribution in [0.3, 0.4) is 0 Å². The van der Waals surface area contributed by atoms with Crippen molar-refractivity contribution in [3.63, 3.8) is 0 Å². The van der Waals surface area contributed by atoms with E-state index in [0.717, 1.165) is 59.3 Å². The number of hydrogen-bond donors (Lipinski definition) is 3. The van der Waals surface area contributed by atoms with Crippen molar-refractivity contribution in [1.29, 1.82) is 0 Å². The van der Waals surface area contributed by atoms with Gasteiger partial charge < -0.3 is 20.6 Å². The molecule has 0 radical (unpaired) electrons. The third kappa shape index (κ3) is 2.74. The van der Waals surface area contributed by atoms with Crippen LogP contribution in [-0.4, -0.2) is 26.0 Å². The van der Waals surface area contributed by atoms with Crippen LogP contribution in [0.2, 0.25) is 5.02 Å². The fourth-order valence-electron chi connectivity index (χ4n) is 4.15. The van der Waals surface area contributed by atoms with Crippen LogP contribution in [0, 0.1) is 13.8 Å². The van der Waals surface area contributed by atoms with Crippen molar-refractivity contribution in [3.05, 3.63) is 45.9 Å². The van der Waals surface area contributed by atoms with Crippen LogP contribution in [0.4, 0.5) is 0 Å². The van der Waals surface area contributed by atoms with E-state index in [0.29, 0.717) is 16.5 Å². The number of aromatic hydroxyl groups is 1. The van der Waals surface area contributed by atoms with Gasteiger partial charge in [-0.3, -0.25) is 4.57 Å². The maximum absolute atomic E-state index is 9.81. The molecule has 0 aliphatic heterocycles. The number of rotatable bonds is 2. The van der Waals surface area contributed by atoms with E-state index < -0.39 is 0 Å². The summed E-state index contributed by atoms with van der Waals surface area (Å²) in [5.41, 5.74) is 12.1. The molecule has 0 spiro atoms. The second-order valence-corrected chi connectivity index (χ2v) is 7.42. The summed E-state index contributed by atoms with van der Waals surface area (Å²) >= 11 is 6.52.